The lowest BCUT2D eigenvalue weighted by molar-refractivity contribution is 0.0357. The molecule has 0 amide bonds. The minimum Gasteiger partial charge on any atom is -0.374 e. The number of aryl methyl sites for hydroxylation is 2. The Kier molecular flexibility index (Phi) is 4.61. The third-order valence-corrected chi connectivity index (χ3v) is 3.55. The SMILES string of the molecule is CNCCC1CN(c2ccc(C)cc2C)CCO1. The molecular formula is C15H24N2O. The van der Waals surface area contributed by atoms with Gasteiger partial charge >= 0.3 is 0 Å². The molecule has 2 rings (SSSR count). The first-order valence-electron chi connectivity index (χ1n) is 6.79. The van der Waals surface area contributed by atoms with Crippen molar-refractivity contribution in [2.75, 3.05) is 38.2 Å². The molecule has 0 aliphatic carbocycles. The molecule has 1 aromatic carbocycles. The van der Waals surface area contributed by atoms with Gasteiger partial charge in [-0.05, 0) is 45.5 Å². The third kappa shape index (κ3) is 3.24. The van der Waals surface area contributed by atoms with Crippen LogP contribution in [-0.2, 0) is 4.74 Å². The van der Waals surface area contributed by atoms with Crippen molar-refractivity contribution in [3.05, 3.63) is 29.3 Å². The van der Waals surface area contributed by atoms with Crippen LogP contribution >= 0.6 is 0 Å². The Morgan fingerprint density at radius 3 is 2.94 bits per heavy atom. The topological polar surface area (TPSA) is 24.5 Å². The van der Waals surface area contributed by atoms with E-state index in [2.05, 4.69) is 42.3 Å². The fourth-order valence-corrected chi connectivity index (χ4v) is 2.58. The van der Waals surface area contributed by atoms with E-state index in [0.29, 0.717) is 6.10 Å². The first-order valence-corrected chi connectivity index (χ1v) is 6.79. The van der Waals surface area contributed by atoms with E-state index < -0.39 is 0 Å². The Labute approximate surface area is 110 Å². The van der Waals surface area contributed by atoms with Crippen LogP contribution in [0.25, 0.3) is 0 Å². The van der Waals surface area contributed by atoms with Gasteiger partial charge in [0.05, 0.1) is 12.7 Å². The van der Waals surface area contributed by atoms with Gasteiger partial charge in [-0.3, -0.25) is 0 Å². The number of morpholine rings is 1. The van der Waals surface area contributed by atoms with Gasteiger partial charge in [0.1, 0.15) is 0 Å². The summed E-state index contributed by atoms with van der Waals surface area (Å²) in [5, 5.41) is 3.19. The summed E-state index contributed by atoms with van der Waals surface area (Å²) < 4.78 is 5.81. The van der Waals surface area contributed by atoms with Crippen LogP contribution < -0.4 is 10.2 Å². The van der Waals surface area contributed by atoms with Crippen molar-refractivity contribution in [3.63, 3.8) is 0 Å². The molecule has 1 fully saturated rings. The van der Waals surface area contributed by atoms with Crippen LogP contribution in [0.2, 0.25) is 0 Å². The predicted octanol–water partition coefficient (Wildman–Crippen LogP) is 2.12. The van der Waals surface area contributed by atoms with Crippen LogP contribution in [0.3, 0.4) is 0 Å². The van der Waals surface area contributed by atoms with Crippen LogP contribution in [0.5, 0.6) is 0 Å². The number of nitrogens with zero attached hydrogens (tertiary/aromatic N) is 1. The zero-order chi connectivity index (χ0) is 13.0. The minimum atomic E-state index is 0.354. The highest BCUT2D eigenvalue weighted by molar-refractivity contribution is 5.54. The van der Waals surface area contributed by atoms with Crippen molar-refractivity contribution >= 4 is 5.69 Å². The molecule has 100 valence electrons. The number of hydrogen-bond acceptors (Lipinski definition) is 3. The van der Waals surface area contributed by atoms with Gasteiger partial charge in [-0.25, -0.2) is 0 Å². The molecule has 0 spiro atoms. The average molecular weight is 248 g/mol. The Bertz CT molecular complexity index is 392. The highest BCUT2D eigenvalue weighted by Crippen LogP contribution is 2.23. The number of hydrogen-bond donors (Lipinski definition) is 1. The van der Waals surface area contributed by atoms with E-state index >= 15 is 0 Å². The van der Waals surface area contributed by atoms with Gasteiger partial charge in [0.25, 0.3) is 0 Å². The molecule has 0 saturated carbocycles. The molecular weight excluding hydrogens is 224 g/mol. The van der Waals surface area contributed by atoms with Gasteiger partial charge < -0.3 is 15.0 Å². The van der Waals surface area contributed by atoms with Crippen LogP contribution in [0.4, 0.5) is 5.69 Å². The second-order valence-electron chi connectivity index (χ2n) is 5.12. The van der Waals surface area contributed by atoms with E-state index in [0.717, 1.165) is 32.7 Å². The molecule has 18 heavy (non-hydrogen) atoms. The summed E-state index contributed by atoms with van der Waals surface area (Å²) in [5.41, 5.74) is 4.05. The van der Waals surface area contributed by atoms with E-state index in [1.54, 1.807) is 0 Å². The largest absolute Gasteiger partial charge is 0.374 e. The highest BCUT2D eigenvalue weighted by Gasteiger charge is 2.21. The van der Waals surface area contributed by atoms with Crippen LogP contribution in [0.15, 0.2) is 18.2 Å². The first kappa shape index (κ1) is 13.4. The van der Waals surface area contributed by atoms with Crippen molar-refractivity contribution in [2.45, 2.75) is 26.4 Å². The number of benzene rings is 1. The van der Waals surface area contributed by atoms with Crippen LogP contribution in [0, 0.1) is 13.8 Å². The van der Waals surface area contributed by atoms with Crippen molar-refractivity contribution in [1.29, 1.82) is 0 Å². The normalized spacial score (nSPS) is 20.2. The van der Waals surface area contributed by atoms with Gasteiger partial charge in [-0.2, -0.15) is 0 Å². The molecule has 3 nitrogen and oxygen atoms in total. The summed E-state index contributed by atoms with van der Waals surface area (Å²) in [5.74, 6) is 0. The molecule has 0 radical (unpaired) electrons. The summed E-state index contributed by atoms with van der Waals surface area (Å²) in [7, 11) is 1.99. The smallest absolute Gasteiger partial charge is 0.0762 e. The maximum absolute atomic E-state index is 5.81. The lowest BCUT2D eigenvalue weighted by atomic mass is 10.1. The van der Waals surface area contributed by atoms with E-state index in [-0.39, 0.29) is 0 Å². The molecule has 1 aromatic rings. The third-order valence-electron chi connectivity index (χ3n) is 3.55. The van der Waals surface area contributed by atoms with Crippen molar-refractivity contribution < 1.29 is 4.74 Å². The maximum atomic E-state index is 5.81. The van der Waals surface area contributed by atoms with Crippen LogP contribution in [-0.4, -0.2) is 39.4 Å². The number of nitrogens with one attached hydrogen (secondary N) is 1. The quantitative estimate of drug-likeness (QED) is 0.883. The van der Waals surface area contributed by atoms with E-state index in [4.69, 9.17) is 4.74 Å². The number of anilines is 1. The zero-order valence-corrected chi connectivity index (χ0v) is 11.7. The van der Waals surface area contributed by atoms with E-state index in [1.165, 1.54) is 16.8 Å². The zero-order valence-electron chi connectivity index (χ0n) is 11.7. The number of rotatable bonds is 4. The Morgan fingerprint density at radius 1 is 1.39 bits per heavy atom. The van der Waals surface area contributed by atoms with Gasteiger partial charge in [-0.1, -0.05) is 17.7 Å². The lowest BCUT2D eigenvalue weighted by Crippen LogP contribution is -2.43. The summed E-state index contributed by atoms with van der Waals surface area (Å²) in [4.78, 5) is 2.46. The fourth-order valence-electron chi connectivity index (χ4n) is 2.58. The molecule has 3 heteroatoms. The van der Waals surface area contributed by atoms with Gasteiger partial charge in [0.2, 0.25) is 0 Å². The Morgan fingerprint density at radius 2 is 2.22 bits per heavy atom. The molecule has 1 saturated heterocycles. The van der Waals surface area contributed by atoms with Crippen LogP contribution in [0.1, 0.15) is 17.5 Å². The van der Waals surface area contributed by atoms with Gasteiger partial charge in [-0.15, -0.1) is 0 Å². The van der Waals surface area contributed by atoms with Gasteiger partial charge in [0, 0.05) is 18.8 Å². The molecule has 1 aliphatic rings. The molecule has 1 unspecified atom stereocenters. The second kappa shape index (κ2) is 6.21. The molecule has 1 heterocycles. The van der Waals surface area contributed by atoms with Crippen molar-refractivity contribution in [2.24, 2.45) is 0 Å². The molecule has 1 aliphatic heterocycles. The lowest BCUT2D eigenvalue weighted by Gasteiger charge is -2.35. The van der Waals surface area contributed by atoms with E-state index in [9.17, 15) is 0 Å². The monoisotopic (exact) mass is 248 g/mol. The molecule has 0 aromatic heterocycles. The summed E-state index contributed by atoms with van der Waals surface area (Å²) in [6, 6.07) is 6.69. The molecule has 1 atom stereocenters. The maximum Gasteiger partial charge on any atom is 0.0762 e. The highest BCUT2D eigenvalue weighted by atomic mass is 16.5. The standard InChI is InChI=1S/C15H24N2O/c1-12-4-5-15(13(2)10-12)17-8-9-18-14(11-17)6-7-16-3/h4-5,10,14,16H,6-9,11H2,1-3H3. The number of ether oxygens (including phenoxy) is 1. The second-order valence-corrected chi connectivity index (χ2v) is 5.12. The first-order chi connectivity index (χ1) is 8.70. The summed E-state index contributed by atoms with van der Waals surface area (Å²) in [6.07, 6.45) is 1.43. The van der Waals surface area contributed by atoms with Crippen molar-refractivity contribution in [3.8, 4) is 0 Å². The molecule has 1 N–H and O–H groups in total. The molecule has 0 bridgehead atoms. The average Bonchev–Trinajstić information content (AvgIpc) is 2.36. The minimum absolute atomic E-state index is 0.354. The predicted molar refractivity (Wildman–Crippen MR) is 76.4 cm³/mol. The van der Waals surface area contributed by atoms with Crippen molar-refractivity contribution in [1.82, 2.24) is 5.32 Å². The Hall–Kier alpha value is -1.06. The van der Waals surface area contributed by atoms with E-state index in [1.807, 2.05) is 7.05 Å². The van der Waals surface area contributed by atoms with Gasteiger partial charge in [0.15, 0.2) is 0 Å². The summed E-state index contributed by atoms with van der Waals surface area (Å²) >= 11 is 0. The summed E-state index contributed by atoms with van der Waals surface area (Å²) in [6.45, 7) is 8.20. The Balaban J connectivity index is 2.03. The fraction of sp³-hybridized carbons (Fsp3) is 0.600.